The molecule has 2 aromatic carbocycles. The lowest BCUT2D eigenvalue weighted by Gasteiger charge is -2.46. The molecule has 2 fully saturated rings. The number of nitrogens with one attached hydrogen (secondary N) is 1. The van der Waals surface area contributed by atoms with Gasteiger partial charge < -0.3 is 14.4 Å². The van der Waals surface area contributed by atoms with Crippen LogP contribution < -0.4 is 14.4 Å². The number of allylic oxidation sites excluding steroid dienone is 1. The van der Waals surface area contributed by atoms with Crippen LogP contribution in [-0.2, 0) is 26.6 Å². The van der Waals surface area contributed by atoms with Crippen LogP contribution in [-0.4, -0.2) is 52.5 Å². The molecule has 5 aliphatic rings. The standard InChI is InChI=1S/C36H45ClN2O5S/c1-23-5-3-7-32(43-2)29-13-10-27(29)20-39-21-36(16-4-6-25-18-28(37)12-14-30(25)36)22-44-33-15-11-26(19-31(33)39)35(40)38-45(41,42)34(23)17-24-8-9-24/h3,7,11-12,14-15,18-19,23-24,27,29,32,34H,4-6,8-10,13,16-17,20-22H2,1-2H3,(H,38,40)/b7-3-/t23-,27-,29+,32-,34+,36-/m0/s1. The fourth-order valence-corrected chi connectivity index (χ4v) is 10.3. The van der Waals surface area contributed by atoms with Gasteiger partial charge in [0.25, 0.3) is 5.91 Å². The minimum atomic E-state index is -3.90. The first kappa shape index (κ1) is 31.1. The van der Waals surface area contributed by atoms with Crippen molar-refractivity contribution in [3.8, 4) is 5.75 Å². The number of fused-ring (bicyclic) bond motifs is 4. The minimum Gasteiger partial charge on any atom is -0.490 e. The van der Waals surface area contributed by atoms with Crippen LogP contribution >= 0.6 is 11.6 Å². The predicted octanol–water partition coefficient (Wildman–Crippen LogP) is 6.68. The molecule has 2 saturated carbocycles. The third-order valence-electron chi connectivity index (χ3n) is 11.3. The van der Waals surface area contributed by atoms with Crippen molar-refractivity contribution in [2.45, 2.75) is 81.5 Å². The predicted molar refractivity (Wildman–Crippen MR) is 178 cm³/mol. The zero-order valence-electron chi connectivity index (χ0n) is 26.3. The van der Waals surface area contributed by atoms with E-state index in [0.717, 1.165) is 74.5 Å². The highest BCUT2D eigenvalue weighted by Gasteiger charge is 2.45. The van der Waals surface area contributed by atoms with Gasteiger partial charge >= 0.3 is 0 Å². The molecular weight excluding hydrogens is 608 g/mol. The second-order valence-electron chi connectivity index (χ2n) is 14.3. The lowest BCUT2D eigenvalue weighted by molar-refractivity contribution is 0.0131. The number of benzene rings is 2. The Hall–Kier alpha value is -2.55. The number of carbonyl (C=O) groups is 1. The Labute approximate surface area is 272 Å². The number of sulfonamides is 1. The van der Waals surface area contributed by atoms with Crippen molar-refractivity contribution in [2.24, 2.45) is 23.7 Å². The van der Waals surface area contributed by atoms with Crippen LogP contribution in [0.5, 0.6) is 5.75 Å². The maximum atomic E-state index is 13.8. The normalized spacial score (nSPS) is 33.5. The summed E-state index contributed by atoms with van der Waals surface area (Å²) >= 11 is 6.43. The summed E-state index contributed by atoms with van der Waals surface area (Å²) in [5.41, 5.74) is 3.53. The van der Waals surface area contributed by atoms with Crippen molar-refractivity contribution in [2.75, 3.05) is 31.7 Å². The molecule has 2 aromatic rings. The van der Waals surface area contributed by atoms with E-state index in [1.54, 1.807) is 13.2 Å². The van der Waals surface area contributed by atoms with Crippen LogP contribution in [0.2, 0.25) is 5.02 Å². The number of rotatable bonds is 3. The van der Waals surface area contributed by atoms with Gasteiger partial charge in [-0.2, -0.15) is 0 Å². The summed E-state index contributed by atoms with van der Waals surface area (Å²) in [5, 5.41) is 0.119. The van der Waals surface area contributed by atoms with Crippen LogP contribution in [0.25, 0.3) is 0 Å². The quantitative estimate of drug-likeness (QED) is 0.373. The van der Waals surface area contributed by atoms with E-state index in [1.165, 1.54) is 11.1 Å². The van der Waals surface area contributed by atoms with Crippen LogP contribution in [0.15, 0.2) is 48.6 Å². The zero-order valence-corrected chi connectivity index (χ0v) is 27.9. The number of hydrogen-bond donors (Lipinski definition) is 1. The number of anilines is 1. The van der Waals surface area contributed by atoms with Gasteiger partial charge in [-0.25, -0.2) is 13.1 Å². The molecule has 45 heavy (non-hydrogen) atoms. The van der Waals surface area contributed by atoms with Gasteiger partial charge in [0.15, 0.2) is 0 Å². The smallest absolute Gasteiger partial charge is 0.264 e. The Balaban J connectivity index is 1.29. The summed E-state index contributed by atoms with van der Waals surface area (Å²) in [6.07, 6.45) is 12.8. The fourth-order valence-electron chi connectivity index (χ4n) is 8.38. The highest BCUT2D eigenvalue weighted by atomic mass is 35.5. The summed E-state index contributed by atoms with van der Waals surface area (Å²) in [6, 6.07) is 11.7. The molecule has 1 spiro atoms. The Morgan fingerprint density at radius 3 is 2.73 bits per heavy atom. The molecule has 7 nitrogen and oxygen atoms in total. The van der Waals surface area contributed by atoms with Crippen LogP contribution in [0.4, 0.5) is 5.69 Å². The van der Waals surface area contributed by atoms with Crippen LogP contribution in [0, 0.1) is 23.7 Å². The maximum Gasteiger partial charge on any atom is 0.264 e. The summed E-state index contributed by atoms with van der Waals surface area (Å²) in [7, 11) is -2.12. The average Bonchev–Trinajstić information content (AvgIpc) is 3.84. The second kappa shape index (κ2) is 12.2. The number of halogens is 1. The largest absolute Gasteiger partial charge is 0.490 e. The van der Waals surface area contributed by atoms with E-state index >= 15 is 0 Å². The first-order valence-electron chi connectivity index (χ1n) is 16.7. The Bertz CT molecular complexity index is 1590. The highest BCUT2D eigenvalue weighted by molar-refractivity contribution is 7.90. The molecule has 242 valence electrons. The molecule has 2 bridgehead atoms. The van der Waals surface area contributed by atoms with E-state index in [-0.39, 0.29) is 17.4 Å². The molecule has 9 heteroatoms. The van der Waals surface area contributed by atoms with E-state index in [9.17, 15) is 13.2 Å². The number of aryl methyl sites for hydroxylation is 1. The monoisotopic (exact) mass is 652 g/mol. The molecule has 0 aromatic heterocycles. The molecule has 0 saturated heterocycles. The molecule has 7 rings (SSSR count). The van der Waals surface area contributed by atoms with Gasteiger partial charge in [-0.05, 0) is 110 Å². The van der Waals surface area contributed by atoms with Crippen molar-refractivity contribution in [1.82, 2.24) is 4.72 Å². The van der Waals surface area contributed by atoms with Crippen LogP contribution in [0.1, 0.15) is 79.8 Å². The molecule has 2 heterocycles. The number of ether oxygens (including phenoxy) is 2. The van der Waals surface area contributed by atoms with Crippen molar-refractivity contribution < 1.29 is 22.7 Å². The topological polar surface area (TPSA) is 84.9 Å². The Kier molecular flexibility index (Phi) is 8.45. The maximum absolute atomic E-state index is 13.8. The van der Waals surface area contributed by atoms with Gasteiger partial charge in [0.1, 0.15) is 5.75 Å². The van der Waals surface area contributed by atoms with Gasteiger partial charge in [-0.3, -0.25) is 4.79 Å². The first-order valence-corrected chi connectivity index (χ1v) is 18.6. The van der Waals surface area contributed by atoms with Crippen molar-refractivity contribution in [3.05, 3.63) is 70.3 Å². The number of methoxy groups -OCH3 is 1. The van der Waals surface area contributed by atoms with E-state index in [1.807, 2.05) is 25.1 Å². The van der Waals surface area contributed by atoms with E-state index < -0.39 is 21.2 Å². The number of hydrogen-bond acceptors (Lipinski definition) is 6. The van der Waals surface area contributed by atoms with Gasteiger partial charge in [0.2, 0.25) is 10.0 Å². The van der Waals surface area contributed by atoms with Gasteiger partial charge in [0.05, 0.1) is 23.6 Å². The Morgan fingerprint density at radius 2 is 1.98 bits per heavy atom. The molecular formula is C36H45ClN2O5S. The second-order valence-corrected chi connectivity index (χ2v) is 16.7. The fraction of sp³-hybridized carbons (Fsp3) is 0.583. The summed E-state index contributed by atoms with van der Waals surface area (Å²) < 4.78 is 42.7. The lowest BCUT2D eigenvalue weighted by atomic mass is 9.68. The number of carbonyl (C=O) groups excluding carboxylic acids is 1. The van der Waals surface area contributed by atoms with Gasteiger partial charge in [-0.15, -0.1) is 0 Å². The van der Waals surface area contributed by atoms with Gasteiger partial charge in [0, 0.05) is 36.2 Å². The van der Waals surface area contributed by atoms with E-state index in [4.69, 9.17) is 21.1 Å². The molecule has 3 aliphatic carbocycles. The molecule has 6 atom stereocenters. The highest BCUT2D eigenvalue weighted by Crippen LogP contribution is 2.47. The number of amides is 1. The molecule has 0 radical (unpaired) electrons. The third kappa shape index (κ3) is 6.15. The minimum absolute atomic E-state index is 0.0254. The van der Waals surface area contributed by atoms with Crippen molar-refractivity contribution in [1.29, 1.82) is 0 Å². The Morgan fingerprint density at radius 1 is 1.13 bits per heavy atom. The van der Waals surface area contributed by atoms with Crippen LogP contribution in [0.3, 0.4) is 0 Å². The summed E-state index contributed by atoms with van der Waals surface area (Å²) in [5.74, 6) is 1.22. The summed E-state index contributed by atoms with van der Waals surface area (Å²) in [4.78, 5) is 16.1. The molecule has 2 aliphatic heterocycles. The zero-order chi connectivity index (χ0) is 31.3. The lowest BCUT2D eigenvalue weighted by Crippen LogP contribution is -2.49. The van der Waals surface area contributed by atoms with E-state index in [0.29, 0.717) is 42.8 Å². The number of nitrogens with zero attached hydrogens (tertiary/aromatic N) is 1. The first-order chi connectivity index (χ1) is 21.7. The van der Waals surface area contributed by atoms with E-state index in [2.05, 4.69) is 33.9 Å². The SMILES string of the molecule is CO[C@H]1/C=C\C[C@H](C)[C@@H](CC2CC2)S(=O)(=O)NC(=O)c2ccc3c(c2)N(C[C@@H]2CC[C@H]21)C[C@@]1(CCCc2cc(Cl)ccc21)CO3. The molecule has 1 amide bonds. The molecule has 1 N–H and O–H groups in total. The van der Waals surface area contributed by atoms with Crippen molar-refractivity contribution in [3.63, 3.8) is 0 Å². The van der Waals surface area contributed by atoms with Gasteiger partial charge in [-0.1, -0.05) is 49.6 Å². The molecule has 0 unspecified atom stereocenters. The summed E-state index contributed by atoms with van der Waals surface area (Å²) in [6.45, 7) is 4.07. The van der Waals surface area contributed by atoms with Crippen molar-refractivity contribution >= 4 is 33.2 Å². The third-order valence-corrected chi connectivity index (χ3v) is 13.4. The average molecular weight is 653 g/mol.